The van der Waals surface area contributed by atoms with E-state index in [1.807, 2.05) is 19.0 Å². The first-order valence-electron chi connectivity index (χ1n) is 9.15. The van der Waals surface area contributed by atoms with Gasteiger partial charge in [0, 0.05) is 18.3 Å². The van der Waals surface area contributed by atoms with Gasteiger partial charge in [0.25, 0.3) is 5.91 Å². The van der Waals surface area contributed by atoms with Crippen molar-refractivity contribution in [3.8, 4) is 0 Å². The molecule has 8 nitrogen and oxygen atoms in total. The lowest BCUT2D eigenvalue weighted by Crippen LogP contribution is -2.29. The highest BCUT2D eigenvalue weighted by Gasteiger charge is 2.16. The molecular formula is C21H24N4O4. The number of anilines is 1. The number of aliphatic hydroxyl groups excluding tert-OH is 1. The van der Waals surface area contributed by atoms with Gasteiger partial charge in [0.2, 0.25) is 0 Å². The summed E-state index contributed by atoms with van der Waals surface area (Å²) in [5.74, 6) is -0.767. The van der Waals surface area contributed by atoms with E-state index in [-0.39, 0.29) is 5.91 Å². The SMILES string of the molecule is COC(=O)c1cccc2c(C(=O)Nc3cnn(CC(O)CN(C)C)c3)cccc12. The maximum atomic E-state index is 12.8. The summed E-state index contributed by atoms with van der Waals surface area (Å²) in [5, 5.41) is 18.3. The minimum atomic E-state index is -0.566. The fourth-order valence-electron chi connectivity index (χ4n) is 3.22. The quantitative estimate of drug-likeness (QED) is 0.593. The van der Waals surface area contributed by atoms with Gasteiger partial charge in [0.1, 0.15) is 0 Å². The predicted octanol–water partition coefficient (Wildman–Crippen LogP) is 2.00. The van der Waals surface area contributed by atoms with Crippen LogP contribution in [-0.2, 0) is 11.3 Å². The van der Waals surface area contributed by atoms with Crippen LogP contribution in [0, 0.1) is 0 Å². The van der Waals surface area contributed by atoms with Crippen LogP contribution in [0.15, 0.2) is 48.8 Å². The van der Waals surface area contributed by atoms with Crippen LogP contribution in [-0.4, -0.2) is 65.5 Å². The fourth-order valence-corrected chi connectivity index (χ4v) is 3.22. The van der Waals surface area contributed by atoms with Crippen LogP contribution in [0.4, 0.5) is 5.69 Å². The highest BCUT2D eigenvalue weighted by molar-refractivity contribution is 6.16. The summed E-state index contributed by atoms with van der Waals surface area (Å²) in [5.41, 5.74) is 1.36. The zero-order valence-electron chi connectivity index (χ0n) is 16.6. The van der Waals surface area contributed by atoms with Crippen LogP contribution < -0.4 is 5.32 Å². The van der Waals surface area contributed by atoms with E-state index in [1.165, 1.54) is 13.3 Å². The van der Waals surface area contributed by atoms with Crippen molar-refractivity contribution >= 4 is 28.3 Å². The number of nitrogens with zero attached hydrogens (tertiary/aromatic N) is 3. The van der Waals surface area contributed by atoms with Crippen LogP contribution >= 0.6 is 0 Å². The number of amides is 1. The lowest BCUT2D eigenvalue weighted by atomic mass is 9.99. The average Bonchev–Trinajstić information content (AvgIpc) is 3.12. The summed E-state index contributed by atoms with van der Waals surface area (Å²) in [6.07, 6.45) is 2.64. The number of ether oxygens (including phenoxy) is 1. The molecule has 0 saturated carbocycles. The van der Waals surface area contributed by atoms with E-state index in [0.29, 0.717) is 40.7 Å². The second-order valence-corrected chi connectivity index (χ2v) is 7.02. The van der Waals surface area contributed by atoms with Crippen molar-refractivity contribution in [3.05, 3.63) is 59.9 Å². The summed E-state index contributed by atoms with van der Waals surface area (Å²) < 4.78 is 6.41. The highest BCUT2D eigenvalue weighted by atomic mass is 16.5. The number of carbonyl (C=O) groups is 2. The molecule has 8 heteroatoms. The summed E-state index contributed by atoms with van der Waals surface area (Å²) in [4.78, 5) is 26.7. The molecule has 0 radical (unpaired) electrons. The molecule has 0 fully saturated rings. The zero-order valence-corrected chi connectivity index (χ0v) is 16.6. The largest absolute Gasteiger partial charge is 0.465 e. The number of hydrogen-bond donors (Lipinski definition) is 2. The van der Waals surface area contributed by atoms with Gasteiger partial charge in [0.05, 0.1) is 37.2 Å². The maximum Gasteiger partial charge on any atom is 0.338 e. The Labute approximate surface area is 168 Å². The monoisotopic (exact) mass is 396 g/mol. The second-order valence-electron chi connectivity index (χ2n) is 7.02. The molecule has 1 atom stereocenters. The molecule has 0 bridgehead atoms. The number of nitrogens with one attached hydrogen (secondary N) is 1. The van der Waals surface area contributed by atoms with E-state index < -0.39 is 12.1 Å². The van der Waals surface area contributed by atoms with Crippen molar-refractivity contribution in [2.45, 2.75) is 12.6 Å². The van der Waals surface area contributed by atoms with Crippen LogP contribution in [0.5, 0.6) is 0 Å². The molecule has 3 aromatic rings. The smallest absolute Gasteiger partial charge is 0.338 e. The van der Waals surface area contributed by atoms with Crippen LogP contribution in [0.1, 0.15) is 20.7 Å². The number of esters is 1. The Morgan fingerprint density at radius 1 is 1.17 bits per heavy atom. The Morgan fingerprint density at radius 2 is 1.83 bits per heavy atom. The molecule has 1 amide bonds. The Bertz CT molecular complexity index is 1030. The van der Waals surface area contributed by atoms with Gasteiger partial charge in [-0.2, -0.15) is 5.10 Å². The minimum Gasteiger partial charge on any atom is -0.465 e. The van der Waals surface area contributed by atoms with E-state index >= 15 is 0 Å². The number of aromatic nitrogens is 2. The standard InChI is InChI=1S/C21H24N4O4/c1-24(2)12-15(26)13-25-11-14(10-22-25)23-20(27)18-8-4-7-17-16(18)6-5-9-19(17)21(28)29-3/h4-11,15,26H,12-13H2,1-3H3,(H,23,27). The molecule has 3 rings (SSSR count). The lowest BCUT2D eigenvalue weighted by Gasteiger charge is -2.15. The highest BCUT2D eigenvalue weighted by Crippen LogP contribution is 2.24. The van der Waals surface area contributed by atoms with Crippen molar-refractivity contribution in [3.63, 3.8) is 0 Å². The van der Waals surface area contributed by atoms with Gasteiger partial charge < -0.3 is 20.1 Å². The number of hydrogen-bond acceptors (Lipinski definition) is 6. The third kappa shape index (κ3) is 4.79. The summed E-state index contributed by atoms with van der Waals surface area (Å²) in [6.45, 7) is 0.838. The Balaban J connectivity index is 1.80. The molecule has 2 N–H and O–H groups in total. The maximum absolute atomic E-state index is 12.8. The normalized spacial score (nSPS) is 12.2. The predicted molar refractivity (Wildman–Crippen MR) is 110 cm³/mol. The first kappa shape index (κ1) is 20.5. The zero-order chi connectivity index (χ0) is 21.0. The second kappa shape index (κ2) is 8.85. The van der Waals surface area contributed by atoms with E-state index in [1.54, 1.807) is 47.3 Å². The molecule has 2 aromatic carbocycles. The van der Waals surface area contributed by atoms with E-state index in [9.17, 15) is 14.7 Å². The molecule has 1 aromatic heterocycles. The van der Waals surface area contributed by atoms with Gasteiger partial charge in [0.15, 0.2) is 0 Å². The Hall–Kier alpha value is -3.23. The summed E-state index contributed by atoms with van der Waals surface area (Å²) in [7, 11) is 5.09. The van der Waals surface area contributed by atoms with Crippen molar-refractivity contribution in [1.29, 1.82) is 0 Å². The Kier molecular flexibility index (Phi) is 6.26. The van der Waals surface area contributed by atoms with Gasteiger partial charge in [-0.1, -0.05) is 24.3 Å². The minimum absolute atomic E-state index is 0.314. The molecule has 0 spiro atoms. The molecule has 0 aliphatic heterocycles. The van der Waals surface area contributed by atoms with E-state index in [4.69, 9.17) is 4.74 Å². The third-order valence-electron chi connectivity index (χ3n) is 4.44. The first-order valence-corrected chi connectivity index (χ1v) is 9.15. The van der Waals surface area contributed by atoms with Gasteiger partial charge in [-0.3, -0.25) is 9.48 Å². The fraction of sp³-hybridized carbons (Fsp3) is 0.286. The summed E-state index contributed by atoms with van der Waals surface area (Å²) >= 11 is 0. The number of likely N-dealkylation sites (N-methyl/N-ethyl adjacent to an activating group) is 1. The topological polar surface area (TPSA) is 96.7 Å². The van der Waals surface area contributed by atoms with Gasteiger partial charge in [-0.05, 0) is 37.0 Å². The summed E-state index contributed by atoms with van der Waals surface area (Å²) in [6, 6.07) is 10.4. The van der Waals surface area contributed by atoms with Crippen molar-refractivity contribution in [2.24, 2.45) is 0 Å². The first-order chi connectivity index (χ1) is 13.9. The van der Waals surface area contributed by atoms with Crippen molar-refractivity contribution in [1.82, 2.24) is 14.7 Å². The van der Waals surface area contributed by atoms with Gasteiger partial charge in [-0.25, -0.2) is 4.79 Å². The lowest BCUT2D eigenvalue weighted by molar-refractivity contribution is 0.0602. The molecule has 1 heterocycles. The third-order valence-corrected chi connectivity index (χ3v) is 4.44. The number of aliphatic hydroxyl groups is 1. The molecule has 1 unspecified atom stereocenters. The number of methoxy groups -OCH3 is 1. The van der Waals surface area contributed by atoms with Crippen LogP contribution in [0.25, 0.3) is 10.8 Å². The van der Waals surface area contributed by atoms with Gasteiger partial charge in [-0.15, -0.1) is 0 Å². The molecular weight excluding hydrogens is 372 g/mol. The average molecular weight is 396 g/mol. The molecule has 29 heavy (non-hydrogen) atoms. The van der Waals surface area contributed by atoms with Crippen molar-refractivity contribution < 1.29 is 19.4 Å². The number of fused-ring (bicyclic) bond motifs is 1. The van der Waals surface area contributed by atoms with Crippen molar-refractivity contribution in [2.75, 3.05) is 33.1 Å². The number of benzene rings is 2. The van der Waals surface area contributed by atoms with Gasteiger partial charge >= 0.3 is 5.97 Å². The van der Waals surface area contributed by atoms with E-state index in [2.05, 4.69) is 10.4 Å². The molecule has 0 aliphatic carbocycles. The molecule has 0 saturated heterocycles. The molecule has 152 valence electrons. The molecule has 0 aliphatic rings. The van der Waals surface area contributed by atoms with Crippen LogP contribution in [0.3, 0.4) is 0 Å². The Morgan fingerprint density at radius 3 is 2.48 bits per heavy atom. The van der Waals surface area contributed by atoms with E-state index in [0.717, 1.165) is 0 Å². The number of rotatable bonds is 7. The number of carbonyl (C=O) groups excluding carboxylic acids is 2. The van der Waals surface area contributed by atoms with Crippen LogP contribution in [0.2, 0.25) is 0 Å².